The summed E-state index contributed by atoms with van der Waals surface area (Å²) in [5, 5.41) is 6.17. The molecule has 0 saturated heterocycles. The monoisotopic (exact) mass is 475 g/mol. The molecule has 0 aliphatic carbocycles. The smallest absolute Gasteiger partial charge is 0.191 e. The quantitative estimate of drug-likeness (QED) is 0.264. The van der Waals surface area contributed by atoms with Crippen molar-refractivity contribution in [2.45, 2.75) is 20.1 Å². The number of rotatable bonds is 8. The molecule has 0 amide bonds. The Balaban J connectivity index is 0.00000338. The number of halogens is 3. The minimum atomic E-state index is -0.473. The molecule has 0 atom stereocenters. The SMILES string of the molecule is CCNC(=NCc1cc(F)ccc1F)NCCOCc1ccccc1.I. The average Bonchev–Trinajstić information content (AvgIpc) is 2.62. The molecule has 0 aliphatic heterocycles. The van der Waals surface area contributed by atoms with E-state index in [0.29, 0.717) is 32.3 Å². The van der Waals surface area contributed by atoms with E-state index in [0.717, 1.165) is 23.8 Å². The van der Waals surface area contributed by atoms with Gasteiger partial charge in [0.25, 0.3) is 0 Å². The van der Waals surface area contributed by atoms with Gasteiger partial charge in [-0.3, -0.25) is 0 Å². The second-order valence-corrected chi connectivity index (χ2v) is 5.40. The minimum Gasteiger partial charge on any atom is -0.375 e. The Bertz CT molecular complexity index is 684. The first-order valence-electron chi connectivity index (χ1n) is 8.27. The lowest BCUT2D eigenvalue weighted by Gasteiger charge is -2.12. The van der Waals surface area contributed by atoms with E-state index in [9.17, 15) is 8.78 Å². The summed E-state index contributed by atoms with van der Waals surface area (Å²) < 4.78 is 32.4. The predicted molar refractivity (Wildman–Crippen MR) is 111 cm³/mol. The Hall–Kier alpha value is -1.74. The molecule has 0 aliphatic rings. The van der Waals surface area contributed by atoms with Crippen molar-refractivity contribution in [3.63, 3.8) is 0 Å². The molecule has 0 heterocycles. The first-order chi connectivity index (χ1) is 12.2. The maximum absolute atomic E-state index is 13.6. The maximum atomic E-state index is 13.6. The molecule has 2 aromatic carbocycles. The molecule has 4 nitrogen and oxygen atoms in total. The van der Waals surface area contributed by atoms with E-state index in [4.69, 9.17) is 4.74 Å². The number of benzene rings is 2. The minimum absolute atomic E-state index is 0. The van der Waals surface area contributed by atoms with Gasteiger partial charge < -0.3 is 15.4 Å². The van der Waals surface area contributed by atoms with Crippen molar-refractivity contribution in [3.8, 4) is 0 Å². The molecule has 0 spiro atoms. The zero-order valence-corrected chi connectivity index (χ0v) is 17.0. The Kier molecular flexibility index (Phi) is 10.8. The van der Waals surface area contributed by atoms with Crippen LogP contribution in [-0.2, 0) is 17.9 Å². The van der Waals surface area contributed by atoms with Crippen molar-refractivity contribution in [3.05, 3.63) is 71.3 Å². The van der Waals surface area contributed by atoms with Crippen molar-refractivity contribution in [2.75, 3.05) is 19.7 Å². The summed E-state index contributed by atoms with van der Waals surface area (Å²) in [5.74, 6) is -0.402. The average molecular weight is 475 g/mol. The van der Waals surface area contributed by atoms with Crippen LogP contribution in [0.3, 0.4) is 0 Å². The predicted octanol–water partition coefficient (Wildman–Crippen LogP) is 3.85. The van der Waals surface area contributed by atoms with Gasteiger partial charge >= 0.3 is 0 Å². The summed E-state index contributed by atoms with van der Waals surface area (Å²) >= 11 is 0. The first-order valence-corrected chi connectivity index (χ1v) is 8.27. The van der Waals surface area contributed by atoms with Gasteiger partial charge in [0.1, 0.15) is 11.6 Å². The van der Waals surface area contributed by atoms with Gasteiger partial charge in [0.15, 0.2) is 5.96 Å². The Morgan fingerprint density at radius 2 is 1.85 bits per heavy atom. The molecular formula is C19H24F2IN3O. The molecular weight excluding hydrogens is 451 g/mol. The lowest BCUT2D eigenvalue weighted by molar-refractivity contribution is 0.125. The highest BCUT2D eigenvalue weighted by Gasteiger charge is 2.04. The van der Waals surface area contributed by atoms with Crippen LogP contribution < -0.4 is 10.6 Å². The molecule has 0 unspecified atom stereocenters. The highest BCUT2D eigenvalue weighted by molar-refractivity contribution is 14.0. The third-order valence-corrected chi connectivity index (χ3v) is 3.41. The largest absolute Gasteiger partial charge is 0.375 e. The number of guanidine groups is 1. The standard InChI is InChI=1S/C19H23F2N3O.HI/c1-2-22-19(24-13-16-12-17(20)8-9-18(16)21)23-10-11-25-14-15-6-4-3-5-7-15;/h3-9,12H,2,10-11,13-14H2,1H3,(H2,22,23,24);1H. The molecule has 0 saturated carbocycles. The summed E-state index contributed by atoms with van der Waals surface area (Å²) in [4.78, 5) is 4.27. The van der Waals surface area contributed by atoms with Crippen LogP contribution in [0.5, 0.6) is 0 Å². The van der Waals surface area contributed by atoms with Crippen molar-refractivity contribution in [1.82, 2.24) is 10.6 Å². The van der Waals surface area contributed by atoms with Crippen LogP contribution in [0.2, 0.25) is 0 Å². The fourth-order valence-electron chi connectivity index (χ4n) is 2.18. The van der Waals surface area contributed by atoms with Crippen LogP contribution in [0.4, 0.5) is 8.78 Å². The van der Waals surface area contributed by atoms with Crippen LogP contribution in [0.1, 0.15) is 18.1 Å². The van der Waals surface area contributed by atoms with Gasteiger partial charge in [-0.05, 0) is 30.7 Å². The highest BCUT2D eigenvalue weighted by atomic mass is 127. The molecule has 0 radical (unpaired) electrons. The summed E-state index contributed by atoms with van der Waals surface area (Å²) in [5.41, 5.74) is 1.34. The molecule has 0 fully saturated rings. The second-order valence-electron chi connectivity index (χ2n) is 5.40. The lowest BCUT2D eigenvalue weighted by Crippen LogP contribution is -2.39. The van der Waals surface area contributed by atoms with Gasteiger partial charge in [-0.2, -0.15) is 0 Å². The molecule has 26 heavy (non-hydrogen) atoms. The zero-order valence-electron chi connectivity index (χ0n) is 14.7. The topological polar surface area (TPSA) is 45.7 Å². The van der Waals surface area contributed by atoms with E-state index in [2.05, 4.69) is 15.6 Å². The fraction of sp³-hybridized carbons (Fsp3) is 0.316. The van der Waals surface area contributed by atoms with Gasteiger partial charge in [0.2, 0.25) is 0 Å². The summed E-state index contributed by atoms with van der Waals surface area (Å²) in [6.45, 7) is 4.28. The first kappa shape index (κ1) is 22.3. The van der Waals surface area contributed by atoms with Crippen molar-refractivity contribution in [2.24, 2.45) is 4.99 Å². The fourth-order valence-corrected chi connectivity index (χ4v) is 2.18. The normalized spacial score (nSPS) is 11.0. The summed E-state index contributed by atoms with van der Waals surface area (Å²) in [7, 11) is 0. The van der Waals surface area contributed by atoms with Crippen LogP contribution in [0.15, 0.2) is 53.5 Å². The van der Waals surface area contributed by atoms with Gasteiger partial charge in [-0.25, -0.2) is 13.8 Å². The molecule has 142 valence electrons. The number of hydrogen-bond donors (Lipinski definition) is 2. The summed E-state index contributed by atoms with van der Waals surface area (Å²) in [6, 6.07) is 13.3. The molecule has 0 aromatic heterocycles. The molecule has 2 rings (SSSR count). The summed E-state index contributed by atoms with van der Waals surface area (Å²) in [6.07, 6.45) is 0. The van der Waals surface area contributed by atoms with Crippen molar-refractivity contribution >= 4 is 29.9 Å². The number of aliphatic imine (C=N–C) groups is 1. The van der Waals surface area contributed by atoms with Gasteiger partial charge in [0.05, 0.1) is 19.8 Å². The van der Waals surface area contributed by atoms with E-state index in [1.165, 1.54) is 0 Å². The Morgan fingerprint density at radius 3 is 2.58 bits per heavy atom. The molecule has 2 N–H and O–H groups in total. The number of ether oxygens (including phenoxy) is 1. The Labute approximate surface area is 170 Å². The number of nitrogens with zero attached hydrogens (tertiary/aromatic N) is 1. The lowest BCUT2D eigenvalue weighted by atomic mass is 10.2. The van der Waals surface area contributed by atoms with Crippen molar-refractivity contribution < 1.29 is 13.5 Å². The third kappa shape index (κ3) is 8.09. The van der Waals surface area contributed by atoms with Gasteiger partial charge in [-0.1, -0.05) is 30.3 Å². The van der Waals surface area contributed by atoms with E-state index in [1.807, 2.05) is 37.3 Å². The van der Waals surface area contributed by atoms with E-state index in [-0.39, 0.29) is 36.1 Å². The second kappa shape index (κ2) is 12.6. The van der Waals surface area contributed by atoms with E-state index in [1.54, 1.807) is 0 Å². The molecule has 0 bridgehead atoms. The highest BCUT2D eigenvalue weighted by Crippen LogP contribution is 2.10. The van der Waals surface area contributed by atoms with E-state index >= 15 is 0 Å². The number of hydrogen-bond acceptors (Lipinski definition) is 2. The molecule has 7 heteroatoms. The van der Waals surface area contributed by atoms with Crippen LogP contribution in [0.25, 0.3) is 0 Å². The third-order valence-electron chi connectivity index (χ3n) is 3.41. The zero-order chi connectivity index (χ0) is 17.9. The van der Waals surface area contributed by atoms with Gasteiger partial charge in [0, 0.05) is 18.7 Å². The maximum Gasteiger partial charge on any atom is 0.191 e. The number of nitrogens with one attached hydrogen (secondary N) is 2. The van der Waals surface area contributed by atoms with Crippen LogP contribution in [-0.4, -0.2) is 25.7 Å². The van der Waals surface area contributed by atoms with Crippen LogP contribution >= 0.6 is 24.0 Å². The van der Waals surface area contributed by atoms with Gasteiger partial charge in [-0.15, -0.1) is 24.0 Å². The Morgan fingerprint density at radius 1 is 1.08 bits per heavy atom. The van der Waals surface area contributed by atoms with Crippen LogP contribution in [0, 0.1) is 11.6 Å². The van der Waals surface area contributed by atoms with Crippen molar-refractivity contribution in [1.29, 1.82) is 0 Å². The van der Waals surface area contributed by atoms with E-state index < -0.39 is 11.6 Å². The molecule has 2 aromatic rings.